The van der Waals surface area contributed by atoms with E-state index in [2.05, 4.69) is 22.2 Å². The molecule has 0 aromatic carbocycles. The van der Waals surface area contributed by atoms with Crippen LogP contribution in [0.3, 0.4) is 0 Å². The molecule has 1 aromatic heterocycles. The van der Waals surface area contributed by atoms with Crippen LogP contribution in [-0.2, 0) is 4.79 Å². The highest BCUT2D eigenvalue weighted by Crippen LogP contribution is 2.11. The number of nitrogens with zero attached hydrogens (tertiary/aromatic N) is 2. The van der Waals surface area contributed by atoms with Crippen LogP contribution in [0.15, 0.2) is 6.07 Å². The standard InChI is InChI=1S/C14H22ClN3O/c1-3-4-5-6-7-8-9-13(19)18-14-16-11(2)10-12(15)17-14/h10H,3-9H2,1-2H3,(H,16,17,18,19). The van der Waals surface area contributed by atoms with Gasteiger partial charge < -0.3 is 0 Å². The molecular weight excluding hydrogens is 262 g/mol. The Kier molecular flexibility index (Phi) is 7.41. The topological polar surface area (TPSA) is 54.9 Å². The van der Waals surface area contributed by atoms with E-state index >= 15 is 0 Å². The van der Waals surface area contributed by atoms with E-state index in [1.54, 1.807) is 6.07 Å². The van der Waals surface area contributed by atoms with E-state index in [4.69, 9.17) is 11.6 Å². The summed E-state index contributed by atoms with van der Waals surface area (Å²) in [7, 11) is 0. The quantitative estimate of drug-likeness (QED) is 0.576. The molecule has 0 radical (unpaired) electrons. The molecule has 0 aliphatic rings. The van der Waals surface area contributed by atoms with E-state index in [-0.39, 0.29) is 5.91 Å². The number of rotatable bonds is 8. The molecule has 1 N–H and O–H groups in total. The molecule has 1 amide bonds. The Balaban J connectivity index is 2.23. The van der Waals surface area contributed by atoms with Crippen LogP contribution in [0.25, 0.3) is 0 Å². The second-order valence-electron chi connectivity index (χ2n) is 4.72. The predicted molar refractivity (Wildman–Crippen MR) is 78.4 cm³/mol. The number of carbonyl (C=O) groups excluding carboxylic acids is 1. The van der Waals surface area contributed by atoms with Gasteiger partial charge in [-0.3, -0.25) is 10.1 Å². The largest absolute Gasteiger partial charge is 0.294 e. The van der Waals surface area contributed by atoms with Gasteiger partial charge in [0.15, 0.2) is 0 Å². The summed E-state index contributed by atoms with van der Waals surface area (Å²) in [5, 5.41) is 3.03. The van der Waals surface area contributed by atoms with Crippen molar-refractivity contribution in [3.63, 3.8) is 0 Å². The molecule has 0 fully saturated rings. The molecule has 0 spiro atoms. The number of anilines is 1. The second-order valence-corrected chi connectivity index (χ2v) is 5.11. The average molecular weight is 284 g/mol. The van der Waals surface area contributed by atoms with Crippen molar-refractivity contribution >= 4 is 23.5 Å². The summed E-state index contributed by atoms with van der Waals surface area (Å²) in [5.41, 5.74) is 0.745. The minimum atomic E-state index is -0.0443. The number of hydrogen-bond donors (Lipinski definition) is 1. The van der Waals surface area contributed by atoms with Gasteiger partial charge in [-0.05, 0) is 19.4 Å². The van der Waals surface area contributed by atoms with Gasteiger partial charge in [0.25, 0.3) is 0 Å². The van der Waals surface area contributed by atoms with Gasteiger partial charge in [0.2, 0.25) is 11.9 Å². The van der Waals surface area contributed by atoms with Crippen LogP contribution in [0.1, 0.15) is 57.6 Å². The van der Waals surface area contributed by atoms with E-state index in [1.807, 2.05) is 6.92 Å². The molecule has 0 bridgehead atoms. The molecule has 0 unspecified atom stereocenters. The molecule has 5 heteroatoms. The molecule has 19 heavy (non-hydrogen) atoms. The number of nitrogens with one attached hydrogen (secondary N) is 1. The van der Waals surface area contributed by atoms with E-state index < -0.39 is 0 Å². The summed E-state index contributed by atoms with van der Waals surface area (Å²) in [4.78, 5) is 19.8. The average Bonchev–Trinajstić information content (AvgIpc) is 2.32. The molecule has 0 aliphatic carbocycles. The zero-order chi connectivity index (χ0) is 14.1. The van der Waals surface area contributed by atoms with Gasteiger partial charge >= 0.3 is 0 Å². The number of carbonyl (C=O) groups is 1. The van der Waals surface area contributed by atoms with Crippen LogP contribution in [0, 0.1) is 6.92 Å². The molecular formula is C14H22ClN3O. The number of unbranched alkanes of at least 4 members (excludes halogenated alkanes) is 5. The second kappa shape index (κ2) is 8.86. The third-order valence-electron chi connectivity index (χ3n) is 2.83. The lowest BCUT2D eigenvalue weighted by atomic mass is 10.1. The zero-order valence-electron chi connectivity index (χ0n) is 11.7. The van der Waals surface area contributed by atoms with Crippen molar-refractivity contribution in [2.24, 2.45) is 0 Å². The molecule has 4 nitrogen and oxygen atoms in total. The first kappa shape index (κ1) is 15.9. The first-order valence-electron chi connectivity index (χ1n) is 6.93. The van der Waals surface area contributed by atoms with Crippen molar-refractivity contribution in [1.29, 1.82) is 0 Å². The summed E-state index contributed by atoms with van der Waals surface area (Å²) in [6.45, 7) is 4.01. The third kappa shape index (κ3) is 7.11. The monoisotopic (exact) mass is 283 g/mol. The SMILES string of the molecule is CCCCCCCCC(=O)Nc1nc(C)cc(Cl)n1. The number of halogens is 1. The Morgan fingerprint density at radius 3 is 2.58 bits per heavy atom. The number of hydrogen-bond acceptors (Lipinski definition) is 3. The van der Waals surface area contributed by atoms with Crippen molar-refractivity contribution in [2.75, 3.05) is 5.32 Å². The van der Waals surface area contributed by atoms with Crippen LogP contribution >= 0.6 is 11.6 Å². The van der Waals surface area contributed by atoms with E-state index in [0.717, 1.165) is 18.5 Å². The molecule has 0 aliphatic heterocycles. The van der Waals surface area contributed by atoms with Crippen LogP contribution in [0.5, 0.6) is 0 Å². The first-order chi connectivity index (χ1) is 9.11. The van der Waals surface area contributed by atoms with E-state index in [1.165, 1.54) is 25.7 Å². The lowest BCUT2D eigenvalue weighted by molar-refractivity contribution is -0.116. The van der Waals surface area contributed by atoms with Gasteiger partial charge in [0.05, 0.1) is 0 Å². The third-order valence-corrected chi connectivity index (χ3v) is 3.03. The first-order valence-corrected chi connectivity index (χ1v) is 7.30. The van der Waals surface area contributed by atoms with Gasteiger partial charge in [0, 0.05) is 12.1 Å². The summed E-state index contributed by atoms with van der Waals surface area (Å²) in [6, 6.07) is 1.66. The molecule has 1 aromatic rings. The number of aryl methyl sites for hydroxylation is 1. The van der Waals surface area contributed by atoms with Crippen LogP contribution in [-0.4, -0.2) is 15.9 Å². The lowest BCUT2D eigenvalue weighted by Gasteiger charge is -2.05. The summed E-state index contributed by atoms with van der Waals surface area (Å²) in [6.07, 6.45) is 7.51. The fourth-order valence-electron chi connectivity index (χ4n) is 1.84. The maximum absolute atomic E-state index is 11.7. The molecule has 106 valence electrons. The Hall–Kier alpha value is -1.16. The fourth-order valence-corrected chi connectivity index (χ4v) is 2.08. The Labute approximate surface area is 120 Å². The highest BCUT2D eigenvalue weighted by Gasteiger charge is 2.06. The van der Waals surface area contributed by atoms with Gasteiger partial charge in [-0.25, -0.2) is 9.97 Å². The maximum Gasteiger partial charge on any atom is 0.231 e. The number of aromatic nitrogens is 2. The Morgan fingerprint density at radius 1 is 1.21 bits per heavy atom. The lowest BCUT2D eigenvalue weighted by Crippen LogP contribution is -2.14. The van der Waals surface area contributed by atoms with E-state index in [0.29, 0.717) is 17.5 Å². The molecule has 0 saturated carbocycles. The summed E-state index contributed by atoms with van der Waals surface area (Å²) in [5.74, 6) is 0.248. The highest BCUT2D eigenvalue weighted by molar-refractivity contribution is 6.29. The summed E-state index contributed by atoms with van der Waals surface area (Å²) >= 11 is 5.81. The molecule has 0 atom stereocenters. The Morgan fingerprint density at radius 2 is 1.89 bits per heavy atom. The van der Waals surface area contributed by atoms with Crippen molar-refractivity contribution < 1.29 is 4.79 Å². The van der Waals surface area contributed by atoms with Crippen molar-refractivity contribution in [2.45, 2.75) is 58.8 Å². The number of amides is 1. The van der Waals surface area contributed by atoms with Crippen LogP contribution in [0.2, 0.25) is 5.15 Å². The van der Waals surface area contributed by atoms with Crippen molar-refractivity contribution in [3.8, 4) is 0 Å². The normalized spacial score (nSPS) is 10.5. The minimum absolute atomic E-state index is 0.0443. The van der Waals surface area contributed by atoms with Crippen molar-refractivity contribution in [1.82, 2.24) is 9.97 Å². The summed E-state index contributed by atoms with van der Waals surface area (Å²) < 4.78 is 0. The van der Waals surface area contributed by atoms with Crippen LogP contribution in [0.4, 0.5) is 5.95 Å². The fraction of sp³-hybridized carbons (Fsp3) is 0.643. The molecule has 1 rings (SSSR count). The highest BCUT2D eigenvalue weighted by atomic mass is 35.5. The van der Waals surface area contributed by atoms with Gasteiger partial charge in [0.1, 0.15) is 5.15 Å². The van der Waals surface area contributed by atoms with Crippen molar-refractivity contribution in [3.05, 3.63) is 16.9 Å². The maximum atomic E-state index is 11.7. The van der Waals surface area contributed by atoms with Crippen LogP contribution < -0.4 is 5.32 Å². The predicted octanol–water partition coefficient (Wildman–Crippen LogP) is 4.13. The van der Waals surface area contributed by atoms with Gasteiger partial charge in [-0.15, -0.1) is 0 Å². The van der Waals surface area contributed by atoms with Gasteiger partial charge in [-0.2, -0.15) is 0 Å². The smallest absolute Gasteiger partial charge is 0.231 e. The Bertz CT molecular complexity index is 389. The molecule has 1 heterocycles. The molecule has 0 saturated heterocycles. The van der Waals surface area contributed by atoms with Gasteiger partial charge in [-0.1, -0.05) is 50.6 Å². The minimum Gasteiger partial charge on any atom is -0.294 e. The zero-order valence-corrected chi connectivity index (χ0v) is 12.5. The van der Waals surface area contributed by atoms with E-state index in [9.17, 15) is 4.79 Å².